The molecule has 4 rings (SSSR count). The number of allylic oxidation sites excluding steroid dienone is 1. The van der Waals surface area contributed by atoms with E-state index in [1.165, 1.54) is 30.1 Å². The Hall–Kier alpha value is -3.88. The number of nitrogens with zero attached hydrogens (tertiary/aromatic N) is 2. The topological polar surface area (TPSA) is 84.3 Å². The van der Waals surface area contributed by atoms with E-state index in [2.05, 4.69) is 21.4 Å². The van der Waals surface area contributed by atoms with Crippen LogP contribution in [0.5, 0.6) is 17.4 Å². The third-order valence-corrected chi connectivity index (χ3v) is 5.46. The molecule has 1 fully saturated rings. The number of aromatic nitrogens is 2. The fourth-order valence-electron chi connectivity index (χ4n) is 3.73. The molecule has 0 unspecified atom stereocenters. The Labute approximate surface area is 194 Å². The molecule has 0 spiro atoms. The summed E-state index contributed by atoms with van der Waals surface area (Å²) in [7, 11) is 0. The van der Waals surface area contributed by atoms with Crippen molar-refractivity contribution in [1.29, 1.82) is 0 Å². The van der Waals surface area contributed by atoms with Gasteiger partial charge in [-0.05, 0) is 55.5 Å². The highest BCUT2D eigenvalue weighted by Crippen LogP contribution is 2.31. The molecule has 1 aliphatic rings. The number of amides is 1. The van der Waals surface area contributed by atoms with Crippen LogP contribution in [-0.4, -0.2) is 27.0 Å². The fraction of sp³-hybridized carbons (Fsp3) is 0.240. The van der Waals surface area contributed by atoms with Gasteiger partial charge in [-0.2, -0.15) is 13.2 Å². The van der Waals surface area contributed by atoms with Crippen LogP contribution >= 0.6 is 0 Å². The average Bonchev–Trinajstić information content (AvgIpc) is 2.80. The number of alkyl halides is 3. The number of nitrogens with one attached hydrogen (secondary N) is 1. The third kappa shape index (κ3) is 6.12. The van der Waals surface area contributed by atoms with Crippen LogP contribution in [0.1, 0.15) is 47.2 Å². The Bertz CT molecular complexity index is 1180. The first-order chi connectivity index (χ1) is 16.3. The van der Waals surface area contributed by atoms with Crippen molar-refractivity contribution >= 4 is 12.0 Å². The molecule has 6 nitrogen and oxygen atoms in total. The number of pyridine rings is 2. The normalized spacial score (nSPS) is 16.1. The minimum atomic E-state index is -4.44. The van der Waals surface area contributed by atoms with E-state index in [4.69, 9.17) is 4.74 Å². The van der Waals surface area contributed by atoms with Gasteiger partial charge in [0.15, 0.2) is 0 Å². The van der Waals surface area contributed by atoms with Crippen molar-refractivity contribution in [3.63, 3.8) is 0 Å². The molecule has 1 aromatic carbocycles. The number of carbonyl (C=O) groups is 1. The zero-order valence-electron chi connectivity index (χ0n) is 18.0. The number of aromatic hydroxyl groups is 1. The Morgan fingerprint density at radius 1 is 1.09 bits per heavy atom. The van der Waals surface area contributed by atoms with Crippen molar-refractivity contribution in [2.75, 3.05) is 0 Å². The largest absolute Gasteiger partial charge is 0.506 e. The first-order valence-corrected chi connectivity index (χ1v) is 10.7. The van der Waals surface area contributed by atoms with Gasteiger partial charge >= 0.3 is 6.18 Å². The Balaban J connectivity index is 1.33. The number of rotatable bonds is 5. The van der Waals surface area contributed by atoms with Gasteiger partial charge in [-0.3, -0.25) is 9.78 Å². The van der Waals surface area contributed by atoms with Crippen LogP contribution in [0.25, 0.3) is 6.08 Å². The molecule has 0 saturated heterocycles. The maximum absolute atomic E-state index is 12.7. The molecule has 176 valence electrons. The number of halogens is 3. The van der Waals surface area contributed by atoms with Crippen LogP contribution in [-0.2, 0) is 6.18 Å². The molecule has 0 aliphatic heterocycles. The lowest BCUT2D eigenvalue weighted by molar-refractivity contribution is -0.137. The van der Waals surface area contributed by atoms with Crippen LogP contribution in [0.2, 0.25) is 0 Å². The van der Waals surface area contributed by atoms with E-state index in [9.17, 15) is 23.1 Å². The summed E-state index contributed by atoms with van der Waals surface area (Å²) in [5.74, 6) is 0.239. The van der Waals surface area contributed by atoms with Crippen molar-refractivity contribution in [3.05, 3.63) is 83.3 Å². The summed E-state index contributed by atoms with van der Waals surface area (Å²) < 4.78 is 43.7. The summed E-state index contributed by atoms with van der Waals surface area (Å²) in [6.07, 6.45) is 4.25. The first kappa shape index (κ1) is 23.3. The summed E-state index contributed by atoms with van der Waals surface area (Å²) in [6, 6.07) is 10.8. The van der Waals surface area contributed by atoms with E-state index >= 15 is 0 Å². The molecular formula is C25H22F3N3O3. The summed E-state index contributed by atoms with van der Waals surface area (Å²) in [6.45, 7) is 0. The molecular weight excluding hydrogens is 447 g/mol. The monoisotopic (exact) mass is 469 g/mol. The summed E-state index contributed by atoms with van der Waals surface area (Å²) in [5, 5.41) is 12.5. The minimum Gasteiger partial charge on any atom is -0.506 e. The molecule has 2 heterocycles. The molecule has 0 bridgehead atoms. The number of benzene rings is 1. The van der Waals surface area contributed by atoms with E-state index in [-0.39, 0.29) is 23.6 Å². The lowest BCUT2D eigenvalue weighted by Gasteiger charge is -2.25. The van der Waals surface area contributed by atoms with Gasteiger partial charge in [-0.25, -0.2) is 4.98 Å². The molecule has 3 aromatic rings. The highest BCUT2D eigenvalue weighted by atomic mass is 19.4. The van der Waals surface area contributed by atoms with Crippen molar-refractivity contribution in [2.45, 2.75) is 37.9 Å². The molecule has 0 atom stereocenters. The zero-order chi connectivity index (χ0) is 24.1. The zero-order valence-corrected chi connectivity index (χ0v) is 18.0. The molecule has 1 saturated carbocycles. The van der Waals surface area contributed by atoms with E-state index in [0.29, 0.717) is 11.3 Å². The van der Waals surface area contributed by atoms with Gasteiger partial charge in [0, 0.05) is 24.5 Å². The van der Waals surface area contributed by atoms with Gasteiger partial charge in [-0.15, -0.1) is 0 Å². The van der Waals surface area contributed by atoms with Crippen LogP contribution in [0.3, 0.4) is 0 Å². The lowest BCUT2D eigenvalue weighted by Crippen LogP contribution is -2.36. The number of ether oxygens (including phenoxy) is 1. The van der Waals surface area contributed by atoms with Gasteiger partial charge in [-0.1, -0.05) is 23.8 Å². The average molecular weight is 469 g/mol. The van der Waals surface area contributed by atoms with Crippen LogP contribution in [0.15, 0.2) is 66.6 Å². The van der Waals surface area contributed by atoms with Crippen molar-refractivity contribution in [1.82, 2.24) is 15.3 Å². The molecule has 2 aromatic heterocycles. The summed E-state index contributed by atoms with van der Waals surface area (Å²) in [4.78, 5) is 19.9. The van der Waals surface area contributed by atoms with Gasteiger partial charge in [0.1, 0.15) is 11.5 Å². The quantitative estimate of drug-likeness (QED) is 0.497. The van der Waals surface area contributed by atoms with Crippen molar-refractivity contribution in [3.8, 4) is 17.4 Å². The minimum absolute atomic E-state index is 0.0346. The summed E-state index contributed by atoms with van der Waals surface area (Å²) in [5.41, 5.74) is 1.63. The molecule has 34 heavy (non-hydrogen) atoms. The van der Waals surface area contributed by atoms with Gasteiger partial charge in [0.05, 0.1) is 17.3 Å². The molecule has 2 N–H and O–H groups in total. The highest BCUT2D eigenvalue weighted by molar-refractivity contribution is 5.94. The predicted molar refractivity (Wildman–Crippen MR) is 119 cm³/mol. The number of hydrogen-bond acceptors (Lipinski definition) is 5. The SMILES string of the molecule is O=C(NC1CCC(=Cc2cccc(Oc3ccc(C(F)(F)F)cn3)c2)CC1)c1cncc(O)c1. The second-order valence-corrected chi connectivity index (χ2v) is 8.04. The second kappa shape index (κ2) is 9.94. The van der Waals surface area contributed by atoms with Crippen LogP contribution < -0.4 is 10.1 Å². The fourth-order valence-corrected chi connectivity index (χ4v) is 3.73. The van der Waals surface area contributed by atoms with E-state index in [1.807, 2.05) is 6.07 Å². The number of hydrogen-bond donors (Lipinski definition) is 2. The Kier molecular flexibility index (Phi) is 6.81. The lowest BCUT2D eigenvalue weighted by atomic mass is 9.89. The van der Waals surface area contributed by atoms with E-state index in [1.54, 1.807) is 18.2 Å². The van der Waals surface area contributed by atoms with Crippen LogP contribution in [0, 0.1) is 0 Å². The van der Waals surface area contributed by atoms with Gasteiger partial charge < -0.3 is 15.2 Å². The first-order valence-electron chi connectivity index (χ1n) is 10.7. The molecule has 9 heteroatoms. The predicted octanol–water partition coefficient (Wildman–Crippen LogP) is 5.75. The number of carbonyl (C=O) groups excluding carboxylic acids is 1. The van der Waals surface area contributed by atoms with Gasteiger partial charge in [0.25, 0.3) is 5.91 Å². The third-order valence-electron chi connectivity index (χ3n) is 5.46. The van der Waals surface area contributed by atoms with Crippen molar-refractivity contribution in [2.24, 2.45) is 0 Å². The maximum atomic E-state index is 12.7. The Morgan fingerprint density at radius 2 is 1.88 bits per heavy atom. The Morgan fingerprint density at radius 3 is 2.56 bits per heavy atom. The summed E-state index contributed by atoms with van der Waals surface area (Å²) >= 11 is 0. The van der Waals surface area contributed by atoms with E-state index < -0.39 is 11.7 Å². The molecule has 0 radical (unpaired) electrons. The molecule has 1 amide bonds. The van der Waals surface area contributed by atoms with E-state index in [0.717, 1.165) is 43.5 Å². The maximum Gasteiger partial charge on any atom is 0.417 e. The highest BCUT2D eigenvalue weighted by Gasteiger charge is 2.30. The van der Waals surface area contributed by atoms with Crippen LogP contribution in [0.4, 0.5) is 13.2 Å². The van der Waals surface area contributed by atoms with Gasteiger partial charge in [0.2, 0.25) is 5.88 Å². The molecule has 1 aliphatic carbocycles. The smallest absolute Gasteiger partial charge is 0.417 e. The standard InChI is InChI=1S/C25H22F3N3O3/c26-25(27,28)19-6-9-23(30-14-19)34-22-3-1-2-17(11-22)10-16-4-7-20(8-5-16)31-24(33)18-12-21(32)15-29-13-18/h1-3,6,9-15,20,32H,4-5,7-8H2,(H,31,33). The van der Waals surface area contributed by atoms with Crippen molar-refractivity contribution < 1.29 is 27.8 Å². The second-order valence-electron chi connectivity index (χ2n) is 8.04.